The van der Waals surface area contributed by atoms with Crippen molar-refractivity contribution in [3.8, 4) is 0 Å². The van der Waals surface area contributed by atoms with Gasteiger partial charge in [-0.1, -0.05) is 48.9 Å². The van der Waals surface area contributed by atoms with Gasteiger partial charge in [0, 0.05) is 18.2 Å². The molecular formula is C26H35N3O5S. The molecule has 0 aliphatic carbocycles. The largest absolute Gasteiger partial charge is 0.352 e. The quantitative estimate of drug-likeness (QED) is 0.476. The molecule has 0 fully saturated rings. The number of ketones is 1. The summed E-state index contributed by atoms with van der Waals surface area (Å²) in [5.74, 6) is -1.07. The fourth-order valence-electron chi connectivity index (χ4n) is 3.43. The van der Waals surface area contributed by atoms with Crippen molar-refractivity contribution in [2.75, 3.05) is 17.1 Å². The van der Waals surface area contributed by atoms with Crippen molar-refractivity contribution in [3.63, 3.8) is 0 Å². The number of benzene rings is 2. The van der Waals surface area contributed by atoms with Crippen LogP contribution in [0.25, 0.3) is 0 Å². The van der Waals surface area contributed by atoms with Crippen molar-refractivity contribution in [1.82, 2.24) is 10.2 Å². The van der Waals surface area contributed by atoms with Crippen LogP contribution in [-0.4, -0.2) is 55.8 Å². The molecule has 0 aromatic heterocycles. The molecule has 2 amide bonds. The van der Waals surface area contributed by atoms with E-state index < -0.39 is 28.5 Å². The first-order valence-corrected chi connectivity index (χ1v) is 13.4. The van der Waals surface area contributed by atoms with Gasteiger partial charge in [0.05, 0.1) is 11.9 Å². The lowest BCUT2D eigenvalue weighted by atomic mass is 10.1. The SMILES string of the molecule is CC[C@@H](C)NC(=O)[C@@H](C)N(Cc1ccc(C)cc1)C(=O)CN(c1cccc(C(C)=O)c1)S(C)(=O)=O. The molecule has 2 aromatic rings. The van der Waals surface area contributed by atoms with Crippen LogP contribution in [0.4, 0.5) is 5.69 Å². The minimum atomic E-state index is -3.86. The summed E-state index contributed by atoms with van der Waals surface area (Å²) in [6.45, 7) is 8.43. The molecule has 0 saturated heterocycles. The Morgan fingerprint density at radius 3 is 2.20 bits per heavy atom. The molecular weight excluding hydrogens is 466 g/mol. The molecule has 35 heavy (non-hydrogen) atoms. The number of aryl methyl sites for hydroxylation is 1. The normalized spacial score (nSPS) is 13.0. The van der Waals surface area contributed by atoms with Crippen molar-refractivity contribution < 1.29 is 22.8 Å². The summed E-state index contributed by atoms with van der Waals surface area (Å²) in [6.07, 6.45) is 1.74. The lowest BCUT2D eigenvalue weighted by molar-refractivity contribution is -0.139. The maximum Gasteiger partial charge on any atom is 0.244 e. The van der Waals surface area contributed by atoms with E-state index in [0.717, 1.165) is 28.1 Å². The second-order valence-corrected chi connectivity index (χ2v) is 10.8. The minimum Gasteiger partial charge on any atom is -0.352 e. The first-order chi connectivity index (χ1) is 16.3. The van der Waals surface area contributed by atoms with E-state index in [1.807, 2.05) is 45.0 Å². The van der Waals surface area contributed by atoms with E-state index in [0.29, 0.717) is 5.56 Å². The second-order valence-electron chi connectivity index (χ2n) is 8.88. The van der Waals surface area contributed by atoms with Crippen LogP contribution >= 0.6 is 0 Å². The second kappa shape index (κ2) is 12.0. The Hall–Kier alpha value is -3.20. The molecule has 0 bridgehead atoms. The Labute approximate surface area is 208 Å². The lowest BCUT2D eigenvalue weighted by Gasteiger charge is -2.32. The summed E-state index contributed by atoms with van der Waals surface area (Å²) in [5, 5.41) is 2.89. The van der Waals surface area contributed by atoms with Crippen molar-refractivity contribution in [1.29, 1.82) is 0 Å². The maximum absolute atomic E-state index is 13.5. The highest BCUT2D eigenvalue weighted by atomic mass is 32.2. The van der Waals surface area contributed by atoms with Gasteiger partial charge >= 0.3 is 0 Å². The van der Waals surface area contributed by atoms with Gasteiger partial charge in [0.1, 0.15) is 12.6 Å². The molecule has 0 saturated carbocycles. The number of nitrogens with zero attached hydrogens (tertiary/aromatic N) is 2. The first kappa shape index (κ1) is 28.0. The van der Waals surface area contributed by atoms with Gasteiger partial charge in [0.15, 0.2) is 5.78 Å². The van der Waals surface area contributed by atoms with Crippen LogP contribution in [0.5, 0.6) is 0 Å². The van der Waals surface area contributed by atoms with Crippen molar-refractivity contribution in [2.24, 2.45) is 0 Å². The van der Waals surface area contributed by atoms with E-state index in [9.17, 15) is 22.8 Å². The zero-order valence-electron chi connectivity index (χ0n) is 21.2. The van der Waals surface area contributed by atoms with Crippen LogP contribution in [0, 0.1) is 6.92 Å². The summed E-state index contributed by atoms with van der Waals surface area (Å²) < 4.78 is 26.3. The molecule has 2 atom stereocenters. The van der Waals surface area contributed by atoms with E-state index in [1.165, 1.54) is 24.0 Å². The number of rotatable bonds is 11. The first-order valence-electron chi connectivity index (χ1n) is 11.6. The molecule has 0 aliphatic heterocycles. The number of anilines is 1. The smallest absolute Gasteiger partial charge is 0.244 e. The summed E-state index contributed by atoms with van der Waals surface area (Å²) in [7, 11) is -3.86. The monoisotopic (exact) mass is 501 g/mol. The molecule has 190 valence electrons. The van der Waals surface area contributed by atoms with Crippen LogP contribution < -0.4 is 9.62 Å². The Morgan fingerprint density at radius 1 is 1.03 bits per heavy atom. The van der Waals surface area contributed by atoms with Gasteiger partial charge in [-0.15, -0.1) is 0 Å². The number of nitrogens with one attached hydrogen (secondary N) is 1. The van der Waals surface area contributed by atoms with Gasteiger partial charge < -0.3 is 10.2 Å². The van der Waals surface area contributed by atoms with E-state index >= 15 is 0 Å². The van der Waals surface area contributed by atoms with Gasteiger partial charge in [-0.2, -0.15) is 0 Å². The average Bonchev–Trinajstić information content (AvgIpc) is 2.80. The number of hydrogen-bond donors (Lipinski definition) is 1. The van der Waals surface area contributed by atoms with Gasteiger partial charge in [-0.05, 0) is 51.8 Å². The topological polar surface area (TPSA) is 104 Å². The number of carbonyl (C=O) groups is 3. The standard InChI is InChI=1S/C26H35N3O5S/c1-7-19(3)27-26(32)20(4)28(16-22-13-11-18(2)12-14-22)25(31)17-29(35(6,33)34)24-10-8-9-23(15-24)21(5)30/h8-15,19-20H,7,16-17H2,1-6H3,(H,27,32)/t19-,20-/m1/s1. The number of hydrogen-bond acceptors (Lipinski definition) is 5. The fourth-order valence-corrected chi connectivity index (χ4v) is 4.27. The van der Waals surface area contributed by atoms with Gasteiger partial charge in [-0.3, -0.25) is 18.7 Å². The van der Waals surface area contributed by atoms with E-state index in [4.69, 9.17) is 0 Å². The highest BCUT2D eigenvalue weighted by Crippen LogP contribution is 2.21. The zero-order valence-corrected chi connectivity index (χ0v) is 22.1. The average molecular weight is 502 g/mol. The summed E-state index contributed by atoms with van der Waals surface area (Å²) in [5.41, 5.74) is 2.42. The predicted molar refractivity (Wildman–Crippen MR) is 138 cm³/mol. The summed E-state index contributed by atoms with van der Waals surface area (Å²) in [6, 6.07) is 12.8. The highest BCUT2D eigenvalue weighted by molar-refractivity contribution is 7.92. The van der Waals surface area contributed by atoms with Gasteiger partial charge in [0.2, 0.25) is 21.8 Å². The third-order valence-electron chi connectivity index (χ3n) is 5.86. The fraction of sp³-hybridized carbons (Fsp3) is 0.423. The molecule has 9 heteroatoms. The third-order valence-corrected chi connectivity index (χ3v) is 7.00. The molecule has 0 spiro atoms. The Kier molecular flexibility index (Phi) is 9.59. The summed E-state index contributed by atoms with van der Waals surface area (Å²) >= 11 is 0. The lowest BCUT2D eigenvalue weighted by Crippen LogP contribution is -2.52. The molecule has 8 nitrogen and oxygen atoms in total. The Balaban J connectivity index is 2.41. The van der Waals surface area contributed by atoms with Crippen LogP contribution in [0.3, 0.4) is 0 Å². The Morgan fingerprint density at radius 2 is 1.66 bits per heavy atom. The molecule has 0 heterocycles. The third kappa shape index (κ3) is 7.92. The minimum absolute atomic E-state index is 0.0666. The van der Waals surface area contributed by atoms with Gasteiger partial charge in [0.25, 0.3) is 0 Å². The van der Waals surface area contributed by atoms with Crippen LogP contribution in [0.1, 0.15) is 55.6 Å². The molecule has 1 N–H and O–H groups in total. The van der Waals surface area contributed by atoms with Crippen molar-refractivity contribution in [3.05, 3.63) is 65.2 Å². The van der Waals surface area contributed by atoms with Crippen LogP contribution in [0.2, 0.25) is 0 Å². The molecule has 0 aliphatic rings. The van der Waals surface area contributed by atoms with Gasteiger partial charge in [-0.25, -0.2) is 8.42 Å². The van der Waals surface area contributed by atoms with E-state index in [-0.39, 0.29) is 30.0 Å². The van der Waals surface area contributed by atoms with Crippen LogP contribution in [-0.2, 0) is 26.2 Å². The predicted octanol–water partition coefficient (Wildman–Crippen LogP) is 3.30. The van der Waals surface area contributed by atoms with Crippen molar-refractivity contribution in [2.45, 2.75) is 59.7 Å². The zero-order chi connectivity index (χ0) is 26.3. The number of sulfonamides is 1. The number of carbonyl (C=O) groups excluding carboxylic acids is 3. The molecule has 2 rings (SSSR count). The molecule has 0 unspecified atom stereocenters. The number of Topliss-reactive ketones (excluding diaryl/α,β-unsaturated/α-hetero) is 1. The van der Waals surface area contributed by atoms with Crippen LogP contribution in [0.15, 0.2) is 48.5 Å². The van der Waals surface area contributed by atoms with E-state index in [1.54, 1.807) is 19.1 Å². The van der Waals surface area contributed by atoms with E-state index in [2.05, 4.69) is 5.32 Å². The van der Waals surface area contributed by atoms with Crippen molar-refractivity contribution >= 4 is 33.3 Å². The number of amides is 2. The Bertz CT molecular complexity index is 1160. The molecule has 0 radical (unpaired) electrons. The molecule has 2 aromatic carbocycles. The maximum atomic E-state index is 13.5. The highest BCUT2D eigenvalue weighted by Gasteiger charge is 2.30. The summed E-state index contributed by atoms with van der Waals surface area (Å²) in [4.78, 5) is 39.6.